The zero-order valence-corrected chi connectivity index (χ0v) is 9.76. The van der Waals surface area contributed by atoms with Gasteiger partial charge in [0, 0.05) is 18.0 Å². The number of benzene rings is 1. The molecule has 1 unspecified atom stereocenters. The highest BCUT2D eigenvalue weighted by Crippen LogP contribution is 2.37. The topological polar surface area (TPSA) is 32.3 Å². The number of aryl methyl sites for hydroxylation is 1. The van der Waals surface area contributed by atoms with E-state index in [1.165, 1.54) is 5.56 Å². The molecule has 1 saturated heterocycles. The van der Waals surface area contributed by atoms with Crippen LogP contribution in [0.5, 0.6) is 5.75 Å². The molecule has 0 amide bonds. The quantitative estimate of drug-likeness (QED) is 0.809. The van der Waals surface area contributed by atoms with Gasteiger partial charge in [-0.2, -0.15) is 0 Å². The van der Waals surface area contributed by atoms with Gasteiger partial charge in [0.05, 0.1) is 4.47 Å². The van der Waals surface area contributed by atoms with Gasteiger partial charge in [-0.1, -0.05) is 6.07 Å². The summed E-state index contributed by atoms with van der Waals surface area (Å²) in [6, 6.07) is 3.95. The van der Waals surface area contributed by atoms with Gasteiger partial charge in [0.25, 0.3) is 0 Å². The standard InChI is InChI=1S/C11H14BrNO/c1-7-2-3-9(12)11(14)10(7)8-4-5-13-6-8/h2-3,8,13-14H,4-6H2,1H3. The van der Waals surface area contributed by atoms with Crippen molar-refractivity contribution in [1.82, 2.24) is 5.32 Å². The van der Waals surface area contributed by atoms with Crippen LogP contribution < -0.4 is 5.32 Å². The zero-order chi connectivity index (χ0) is 10.1. The largest absolute Gasteiger partial charge is 0.506 e. The van der Waals surface area contributed by atoms with Crippen LogP contribution in [0.3, 0.4) is 0 Å². The molecule has 0 aromatic heterocycles. The molecule has 1 aromatic carbocycles. The van der Waals surface area contributed by atoms with Crippen molar-refractivity contribution in [2.75, 3.05) is 13.1 Å². The maximum Gasteiger partial charge on any atom is 0.133 e. The summed E-state index contributed by atoms with van der Waals surface area (Å²) in [5, 5.41) is 13.3. The molecule has 0 spiro atoms. The van der Waals surface area contributed by atoms with Crippen molar-refractivity contribution < 1.29 is 5.11 Å². The van der Waals surface area contributed by atoms with E-state index in [1.54, 1.807) is 0 Å². The maximum absolute atomic E-state index is 9.96. The third-order valence-corrected chi connectivity index (χ3v) is 3.49. The number of nitrogens with one attached hydrogen (secondary N) is 1. The molecule has 1 aliphatic heterocycles. The van der Waals surface area contributed by atoms with E-state index in [1.807, 2.05) is 6.07 Å². The second-order valence-electron chi connectivity index (χ2n) is 3.82. The first-order valence-corrected chi connectivity index (χ1v) is 5.68. The van der Waals surface area contributed by atoms with Gasteiger partial charge >= 0.3 is 0 Å². The number of aromatic hydroxyl groups is 1. The van der Waals surface area contributed by atoms with E-state index < -0.39 is 0 Å². The molecule has 3 heteroatoms. The number of hydrogen-bond donors (Lipinski definition) is 2. The van der Waals surface area contributed by atoms with Crippen LogP contribution in [-0.4, -0.2) is 18.2 Å². The van der Waals surface area contributed by atoms with Gasteiger partial charge in [-0.3, -0.25) is 0 Å². The summed E-state index contributed by atoms with van der Waals surface area (Å²) < 4.78 is 0.796. The normalized spacial score (nSPS) is 21.4. The van der Waals surface area contributed by atoms with E-state index in [0.29, 0.717) is 11.7 Å². The third kappa shape index (κ3) is 1.66. The maximum atomic E-state index is 9.96. The van der Waals surface area contributed by atoms with Gasteiger partial charge in [-0.15, -0.1) is 0 Å². The van der Waals surface area contributed by atoms with Crippen LogP contribution in [0, 0.1) is 6.92 Å². The molecular weight excluding hydrogens is 242 g/mol. The lowest BCUT2D eigenvalue weighted by molar-refractivity contribution is 0.458. The van der Waals surface area contributed by atoms with Crippen LogP contribution in [0.15, 0.2) is 16.6 Å². The summed E-state index contributed by atoms with van der Waals surface area (Å²) in [6.45, 7) is 4.08. The van der Waals surface area contributed by atoms with E-state index in [2.05, 4.69) is 34.2 Å². The number of rotatable bonds is 1. The van der Waals surface area contributed by atoms with Gasteiger partial charge < -0.3 is 10.4 Å². The first kappa shape index (κ1) is 9.99. The fourth-order valence-corrected chi connectivity index (χ4v) is 2.44. The molecule has 1 aliphatic rings. The van der Waals surface area contributed by atoms with Crippen molar-refractivity contribution in [3.8, 4) is 5.75 Å². The lowest BCUT2D eigenvalue weighted by Gasteiger charge is -2.15. The van der Waals surface area contributed by atoms with Gasteiger partial charge in [0.1, 0.15) is 5.75 Å². The SMILES string of the molecule is Cc1ccc(Br)c(O)c1C1CCNC1. The molecule has 2 rings (SSSR count). The van der Waals surface area contributed by atoms with E-state index in [9.17, 15) is 5.11 Å². The Morgan fingerprint density at radius 1 is 1.50 bits per heavy atom. The van der Waals surface area contributed by atoms with Crippen molar-refractivity contribution in [3.05, 3.63) is 27.7 Å². The number of phenols is 1. The Bertz CT molecular complexity index is 345. The van der Waals surface area contributed by atoms with Crippen LogP contribution in [0.1, 0.15) is 23.5 Å². The minimum Gasteiger partial charge on any atom is -0.506 e. The summed E-state index contributed by atoms with van der Waals surface area (Å²) in [5.74, 6) is 0.881. The third-order valence-electron chi connectivity index (χ3n) is 2.85. The summed E-state index contributed by atoms with van der Waals surface area (Å²) in [5.41, 5.74) is 2.28. The highest BCUT2D eigenvalue weighted by atomic mass is 79.9. The van der Waals surface area contributed by atoms with Crippen LogP contribution in [0.25, 0.3) is 0 Å². The molecular formula is C11H14BrNO. The fourth-order valence-electron chi connectivity index (χ4n) is 2.10. The fraction of sp³-hybridized carbons (Fsp3) is 0.455. The highest BCUT2D eigenvalue weighted by molar-refractivity contribution is 9.10. The molecule has 1 atom stereocenters. The van der Waals surface area contributed by atoms with E-state index >= 15 is 0 Å². The highest BCUT2D eigenvalue weighted by Gasteiger charge is 2.22. The molecule has 14 heavy (non-hydrogen) atoms. The molecule has 2 nitrogen and oxygen atoms in total. The first-order valence-electron chi connectivity index (χ1n) is 4.89. The summed E-state index contributed by atoms with van der Waals surface area (Å²) in [7, 11) is 0. The second-order valence-corrected chi connectivity index (χ2v) is 4.67. The molecule has 76 valence electrons. The van der Waals surface area contributed by atoms with Crippen molar-refractivity contribution in [2.45, 2.75) is 19.3 Å². The summed E-state index contributed by atoms with van der Waals surface area (Å²) in [4.78, 5) is 0. The number of hydrogen-bond acceptors (Lipinski definition) is 2. The van der Waals surface area contributed by atoms with Crippen molar-refractivity contribution in [3.63, 3.8) is 0 Å². The van der Waals surface area contributed by atoms with E-state index in [4.69, 9.17) is 0 Å². The molecule has 0 bridgehead atoms. The van der Waals surface area contributed by atoms with Crippen LogP contribution in [-0.2, 0) is 0 Å². The predicted octanol–water partition coefficient (Wildman–Crippen LogP) is 2.54. The van der Waals surface area contributed by atoms with Crippen molar-refractivity contribution in [2.24, 2.45) is 0 Å². The van der Waals surface area contributed by atoms with Crippen molar-refractivity contribution >= 4 is 15.9 Å². The molecule has 0 radical (unpaired) electrons. The Morgan fingerprint density at radius 2 is 2.29 bits per heavy atom. The second kappa shape index (κ2) is 3.91. The number of phenolic OH excluding ortho intramolecular Hbond substituents is 1. The Morgan fingerprint density at radius 3 is 2.93 bits per heavy atom. The minimum absolute atomic E-state index is 0.415. The van der Waals surface area contributed by atoms with Gasteiger partial charge in [0.2, 0.25) is 0 Å². The van der Waals surface area contributed by atoms with Gasteiger partial charge in [0.15, 0.2) is 0 Å². The minimum atomic E-state index is 0.415. The Kier molecular flexibility index (Phi) is 2.79. The Labute approximate surface area is 92.5 Å². The average molecular weight is 256 g/mol. The lowest BCUT2D eigenvalue weighted by Crippen LogP contribution is -2.09. The molecule has 1 fully saturated rings. The Balaban J connectivity index is 2.44. The Hall–Kier alpha value is -0.540. The van der Waals surface area contributed by atoms with Crippen LogP contribution >= 0.6 is 15.9 Å². The smallest absolute Gasteiger partial charge is 0.133 e. The van der Waals surface area contributed by atoms with Crippen LogP contribution in [0.2, 0.25) is 0 Å². The van der Waals surface area contributed by atoms with Gasteiger partial charge in [-0.05, 0) is 47.4 Å². The van der Waals surface area contributed by atoms with E-state index in [0.717, 1.165) is 29.5 Å². The molecule has 1 aromatic rings. The lowest BCUT2D eigenvalue weighted by atomic mass is 9.93. The summed E-state index contributed by atoms with van der Waals surface area (Å²) in [6.07, 6.45) is 1.12. The summed E-state index contributed by atoms with van der Waals surface area (Å²) >= 11 is 3.36. The number of halogens is 1. The average Bonchev–Trinajstić information content (AvgIpc) is 2.65. The predicted molar refractivity (Wildman–Crippen MR) is 60.8 cm³/mol. The zero-order valence-electron chi connectivity index (χ0n) is 8.18. The molecule has 0 saturated carbocycles. The van der Waals surface area contributed by atoms with Crippen molar-refractivity contribution in [1.29, 1.82) is 0 Å². The molecule has 2 N–H and O–H groups in total. The monoisotopic (exact) mass is 255 g/mol. The first-order chi connectivity index (χ1) is 6.70. The van der Waals surface area contributed by atoms with Gasteiger partial charge in [-0.25, -0.2) is 0 Å². The van der Waals surface area contributed by atoms with Crippen LogP contribution in [0.4, 0.5) is 0 Å². The molecule has 1 heterocycles. The van der Waals surface area contributed by atoms with E-state index in [-0.39, 0.29) is 0 Å². The molecule has 0 aliphatic carbocycles.